The first-order chi connectivity index (χ1) is 9.92. The molecule has 0 aromatic heterocycles. The van der Waals surface area contributed by atoms with Crippen LogP contribution in [0.2, 0.25) is 0 Å². The zero-order chi connectivity index (χ0) is 15.5. The van der Waals surface area contributed by atoms with E-state index in [0.29, 0.717) is 5.92 Å². The monoisotopic (exact) mass is 347 g/mol. The minimum absolute atomic E-state index is 0.171. The maximum Gasteiger partial charge on any atom is 0.0253 e. The Morgan fingerprint density at radius 2 is 1.71 bits per heavy atom. The highest BCUT2D eigenvalue weighted by atomic mass is 79.9. The molecule has 0 amide bonds. The zero-order valence-corrected chi connectivity index (χ0v) is 15.1. The Morgan fingerprint density at radius 1 is 1.05 bits per heavy atom. The molecule has 2 aromatic rings. The molecular formula is C19H26BrN. The molecule has 21 heavy (non-hydrogen) atoms. The predicted molar refractivity (Wildman–Crippen MR) is 97.0 cm³/mol. The van der Waals surface area contributed by atoms with Gasteiger partial charge in [-0.15, -0.1) is 0 Å². The highest BCUT2D eigenvalue weighted by Crippen LogP contribution is 2.35. The van der Waals surface area contributed by atoms with Gasteiger partial charge in [-0.25, -0.2) is 0 Å². The van der Waals surface area contributed by atoms with Crippen LogP contribution >= 0.6 is 15.9 Å². The Balaban J connectivity index is 2.22. The highest BCUT2D eigenvalue weighted by molar-refractivity contribution is 9.10. The summed E-state index contributed by atoms with van der Waals surface area (Å²) in [5.74, 6) is 0.710. The van der Waals surface area contributed by atoms with Crippen LogP contribution in [0.15, 0.2) is 40.9 Å². The highest BCUT2D eigenvalue weighted by Gasteiger charge is 2.22. The number of rotatable bonds is 6. The molecule has 0 aliphatic heterocycles. The van der Waals surface area contributed by atoms with Crippen molar-refractivity contribution in [1.82, 2.24) is 5.32 Å². The first kappa shape index (κ1) is 16.5. The Hall–Kier alpha value is -0.860. The van der Waals surface area contributed by atoms with E-state index < -0.39 is 0 Å². The second kappa shape index (κ2) is 6.93. The second-order valence-electron chi connectivity index (χ2n) is 6.87. The van der Waals surface area contributed by atoms with Gasteiger partial charge >= 0.3 is 0 Å². The normalized spacial score (nSPS) is 12.3. The lowest BCUT2D eigenvalue weighted by molar-refractivity contribution is 0.444. The summed E-state index contributed by atoms with van der Waals surface area (Å²) < 4.78 is 1.18. The van der Waals surface area contributed by atoms with Gasteiger partial charge < -0.3 is 5.32 Å². The number of fused-ring (bicyclic) bond motifs is 1. The smallest absolute Gasteiger partial charge is 0.0253 e. The van der Waals surface area contributed by atoms with Crippen molar-refractivity contribution in [2.45, 2.75) is 39.5 Å². The number of hydrogen-bond acceptors (Lipinski definition) is 1. The van der Waals surface area contributed by atoms with Gasteiger partial charge in [0.2, 0.25) is 0 Å². The fourth-order valence-corrected chi connectivity index (χ4v) is 3.26. The molecule has 0 unspecified atom stereocenters. The summed E-state index contributed by atoms with van der Waals surface area (Å²) in [7, 11) is 0. The number of nitrogens with one attached hydrogen (secondary N) is 1. The molecule has 0 heterocycles. The molecule has 0 saturated carbocycles. The van der Waals surface area contributed by atoms with Gasteiger partial charge in [-0.1, -0.05) is 74.0 Å². The van der Waals surface area contributed by atoms with E-state index in [-0.39, 0.29) is 5.41 Å². The van der Waals surface area contributed by atoms with Crippen molar-refractivity contribution in [3.63, 3.8) is 0 Å². The Bertz CT molecular complexity index is 602. The summed E-state index contributed by atoms with van der Waals surface area (Å²) in [5.41, 5.74) is 1.61. The van der Waals surface area contributed by atoms with Crippen molar-refractivity contribution in [1.29, 1.82) is 0 Å². The Labute approximate surface area is 137 Å². The van der Waals surface area contributed by atoms with E-state index in [0.717, 1.165) is 19.5 Å². The molecule has 0 saturated heterocycles. The van der Waals surface area contributed by atoms with Crippen molar-refractivity contribution in [2.24, 2.45) is 5.92 Å². The Kier molecular flexibility index (Phi) is 5.45. The van der Waals surface area contributed by atoms with Crippen LogP contribution in [0.25, 0.3) is 10.8 Å². The Morgan fingerprint density at radius 3 is 2.38 bits per heavy atom. The van der Waals surface area contributed by atoms with Gasteiger partial charge in [0.05, 0.1) is 0 Å². The van der Waals surface area contributed by atoms with Gasteiger partial charge in [0.1, 0.15) is 0 Å². The standard InChI is InChI=1S/C19H26BrN/c1-14(2)13-21-12-11-19(3,4)17-9-10-18(20)16-8-6-5-7-15(16)17/h5-10,14,21H,11-13H2,1-4H3. The van der Waals surface area contributed by atoms with Crippen LogP contribution in [0.1, 0.15) is 39.7 Å². The van der Waals surface area contributed by atoms with Crippen molar-refractivity contribution in [2.75, 3.05) is 13.1 Å². The fourth-order valence-electron chi connectivity index (χ4n) is 2.78. The minimum Gasteiger partial charge on any atom is -0.316 e. The minimum atomic E-state index is 0.171. The maximum absolute atomic E-state index is 3.67. The maximum atomic E-state index is 3.67. The van der Waals surface area contributed by atoms with Crippen molar-refractivity contribution >= 4 is 26.7 Å². The molecule has 0 fully saturated rings. The average Bonchev–Trinajstić information content (AvgIpc) is 2.44. The van der Waals surface area contributed by atoms with Crippen molar-refractivity contribution in [3.8, 4) is 0 Å². The first-order valence-electron chi connectivity index (χ1n) is 7.80. The van der Waals surface area contributed by atoms with Crippen molar-refractivity contribution in [3.05, 3.63) is 46.4 Å². The molecule has 1 N–H and O–H groups in total. The summed E-state index contributed by atoms with van der Waals surface area (Å²) in [4.78, 5) is 0. The average molecular weight is 348 g/mol. The van der Waals surface area contributed by atoms with E-state index in [4.69, 9.17) is 0 Å². The van der Waals surface area contributed by atoms with Gasteiger partial charge in [0.15, 0.2) is 0 Å². The molecule has 0 aliphatic carbocycles. The lowest BCUT2D eigenvalue weighted by atomic mass is 9.79. The quantitative estimate of drug-likeness (QED) is 0.678. The van der Waals surface area contributed by atoms with Gasteiger partial charge in [-0.2, -0.15) is 0 Å². The van der Waals surface area contributed by atoms with E-state index in [1.165, 1.54) is 20.8 Å². The molecule has 0 spiro atoms. The molecule has 2 rings (SSSR count). The molecule has 2 aromatic carbocycles. The number of benzene rings is 2. The van der Waals surface area contributed by atoms with Gasteiger partial charge in [-0.05, 0) is 53.2 Å². The topological polar surface area (TPSA) is 12.0 Å². The largest absolute Gasteiger partial charge is 0.316 e. The van der Waals surface area contributed by atoms with E-state index in [1.807, 2.05) is 0 Å². The third-order valence-corrected chi connectivity index (χ3v) is 4.77. The molecular weight excluding hydrogens is 322 g/mol. The summed E-state index contributed by atoms with van der Waals surface area (Å²) in [6, 6.07) is 13.1. The summed E-state index contributed by atoms with van der Waals surface area (Å²) >= 11 is 3.67. The fraction of sp³-hybridized carbons (Fsp3) is 0.474. The lowest BCUT2D eigenvalue weighted by Gasteiger charge is -2.27. The second-order valence-corrected chi connectivity index (χ2v) is 7.73. The molecule has 0 atom stereocenters. The summed E-state index contributed by atoms with van der Waals surface area (Å²) in [5, 5.41) is 6.23. The molecule has 0 aliphatic rings. The van der Waals surface area contributed by atoms with E-state index in [2.05, 4.69) is 85.3 Å². The number of hydrogen-bond donors (Lipinski definition) is 1. The molecule has 114 valence electrons. The molecule has 0 bridgehead atoms. The summed E-state index contributed by atoms with van der Waals surface area (Å²) in [6.45, 7) is 11.4. The van der Waals surface area contributed by atoms with Gasteiger partial charge in [-0.3, -0.25) is 0 Å². The van der Waals surface area contributed by atoms with E-state index in [1.54, 1.807) is 0 Å². The van der Waals surface area contributed by atoms with Crippen LogP contribution < -0.4 is 5.32 Å². The first-order valence-corrected chi connectivity index (χ1v) is 8.59. The zero-order valence-electron chi connectivity index (χ0n) is 13.5. The summed E-state index contributed by atoms with van der Waals surface area (Å²) in [6.07, 6.45) is 1.14. The van der Waals surface area contributed by atoms with Crippen molar-refractivity contribution < 1.29 is 0 Å². The van der Waals surface area contributed by atoms with Crippen LogP contribution in [0.4, 0.5) is 0 Å². The van der Waals surface area contributed by atoms with Crippen LogP contribution in [0, 0.1) is 5.92 Å². The van der Waals surface area contributed by atoms with Crippen LogP contribution in [0.5, 0.6) is 0 Å². The van der Waals surface area contributed by atoms with Crippen LogP contribution in [-0.4, -0.2) is 13.1 Å². The molecule has 1 nitrogen and oxygen atoms in total. The lowest BCUT2D eigenvalue weighted by Crippen LogP contribution is -2.27. The third-order valence-electron chi connectivity index (χ3n) is 4.08. The van der Waals surface area contributed by atoms with E-state index in [9.17, 15) is 0 Å². The van der Waals surface area contributed by atoms with Gasteiger partial charge in [0, 0.05) is 4.47 Å². The molecule has 2 heteroatoms. The van der Waals surface area contributed by atoms with Gasteiger partial charge in [0.25, 0.3) is 0 Å². The SMILES string of the molecule is CC(C)CNCCC(C)(C)c1ccc(Br)c2ccccc12. The molecule has 0 radical (unpaired) electrons. The van der Waals surface area contributed by atoms with Crippen LogP contribution in [0.3, 0.4) is 0 Å². The van der Waals surface area contributed by atoms with E-state index >= 15 is 0 Å². The third kappa shape index (κ3) is 4.08. The predicted octanol–water partition coefficient (Wildman–Crippen LogP) is 5.52. The van der Waals surface area contributed by atoms with Crippen LogP contribution in [-0.2, 0) is 5.41 Å². The number of halogens is 1.